The Morgan fingerprint density at radius 3 is 2.39 bits per heavy atom. The molecule has 2 rings (SSSR count). The molecule has 0 atom stereocenters. The first-order chi connectivity index (χ1) is 8.63. The van der Waals surface area contributed by atoms with Crippen LogP contribution in [0.4, 0.5) is 5.95 Å². The van der Waals surface area contributed by atoms with E-state index in [9.17, 15) is 0 Å². The van der Waals surface area contributed by atoms with Crippen LogP contribution in [0.3, 0.4) is 0 Å². The van der Waals surface area contributed by atoms with Gasteiger partial charge in [0.25, 0.3) is 0 Å². The molecular formula is C15H19N3. The predicted molar refractivity (Wildman–Crippen MR) is 74.9 cm³/mol. The molecule has 0 saturated heterocycles. The third-order valence-electron chi connectivity index (χ3n) is 2.76. The van der Waals surface area contributed by atoms with Crippen molar-refractivity contribution >= 4 is 5.95 Å². The highest BCUT2D eigenvalue weighted by Gasteiger charge is 1.99. The molecule has 94 valence electrons. The lowest BCUT2D eigenvalue weighted by molar-refractivity contribution is 0.961. The average Bonchev–Trinajstić information content (AvgIpc) is 2.27. The third kappa shape index (κ3) is 3.55. The Hall–Kier alpha value is -1.90. The molecule has 0 bridgehead atoms. The van der Waals surface area contributed by atoms with Crippen molar-refractivity contribution in [2.45, 2.75) is 27.2 Å². The van der Waals surface area contributed by atoms with E-state index in [1.54, 1.807) is 0 Å². The van der Waals surface area contributed by atoms with Gasteiger partial charge < -0.3 is 5.32 Å². The monoisotopic (exact) mass is 241 g/mol. The van der Waals surface area contributed by atoms with Gasteiger partial charge in [-0.05, 0) is 38.8 Å². The second-order valence-corrected chi connectivity index (χ2v) is 4.64. The Labute approximate surface area is 108 Å². The molecule has 3 heteroatoms. The van der Waals surface area contributed by atoms with E-state index in [1.807, 2.05) is 19.9 Å². The third-order valence-corrected chi connectivity index (χ3v) is 2.76. The van der Waals surface area contributed by atoms with Crippen molar-refractivity contribution in [3.63, 3.8) is 0 Å². The summed E-state index contributed by atoms with van der Waals surface area (Å²) in [4.78, 5) is 8.72. The summed E-state index contributed by atoms with van der Waals surface area (Å²) in [5, 5.41) is 3.27. The smallest absolute Gasteiger partial charge is 0.223 e. The van der Waals surface area contributed by atoms with Crippen LogP contribution >= 0.6 is 0 Å². The van der Waals surface area contributed by atoms with Crippen LogP contribution in [0.5, 0.6) is 0 Å². The van der Waals surface area contributed by atoms with Crippen molar-refractivity contribution in [3.05, 3.63) is 52.8 Å². The topological polar surface area (TPSA) is 37.8 Å². The molecule has 0 amide bonds. The number of aryl methyl sites for hydroxylation is 3. The molecule has 0 fully saturated rings. The van der Waals surface area contributed by atoms with Crippen molar-refractivity contribution in [2.24, 2.45) is 0 Å². The van der Waals surface area contributed by atoms with Gasteiger partial charge in [-0.25, -0.2) is 9.97 Å². The maximum absolute atomic E-state index is 4.36. The molecular weight excluding hydrogens is 222 g/mol. The van der Waals surface area contributed by atoms with Crippen molar-refractivity contribution in [1.29, 1.82) is 0 Å². The maximum Gasteiger partial charge on any atom is 0.223 e. The molecule has 0 spiro atoms. The molecule has 0 radical (unpaired) electrons. The predicted octanol–water partition coefficient (Wildman–Crippen LogP) is 3.06. The lowest BCUT2D eigenvalue weighted by Crippen LogP contribution is -2.09. The normalized spacial score (nSPS) is 10.4. The minimum atomic E-state index is 0.722. The fraction of sp³-hybridized carbons (Fsp3) is 0.333. The summed E-state index contributed by atoms with van der Waals surface area (Å²) >= 11 is 0. The Morgan fingerprint density at radius 2 is 1.72 bits per heavy atom. The highest BCUT2D eigenvalue weighted by atomic mass is 15.1. The van der Waals surface area contributed by atoms with Gasteiger partial charge in [0, 0.05) is 17.9 Å². The molecule has 0 unspecified atom stereocenters. The molecule has 0 aliphatic rings. The van der Waals surface area contributed by atoms with Gasteiger partial charge in [-0.1, -0.05) is 29.8 Å². The summed E-state index contributed by atoms with van der Waals surface area (Å²) in [5.41, 5.74) is 4.64. The van der Waals surface area contributed by atoms with Gasteiger partial charge >= 0.3 is 0 Å². The van der Waals surface area contributed by atoms with Crippen LogP contribution in [0.2, 0.25) is 0 Å². The second-order valence-electron chi connectivity index (χ2n) is 4.64. The lowest BCUT2D eigenvalue weighted by Gasteiger charge is -2.07. The number of hydrogen-bond acceptors (Lipinski definition) is 3. The number of nitrogens with one attached hydrogen (secondary N) is 1. The molecule has 1 heterocycles. The molecule has 1 aromatic heterocycles. The first-order valence-electron chi connectivity index (χ1n) is 6.25. The van der Waals surface area contributed by atoms with Crippen molar-refractivity contribution in [3.8, 4) is 0 Å². The van der Waals surface area contributed by atoms with Crippen molar-refractivity contribution in [2.75, 3.05) is 11.9 Å². The van der Waals surface area contributed by atoms with Crippen molar-refractivity contribution in [1.82, 2.24) is 9.97 Å². The molecule has 0 aliphatic carbocycles. The van der Waals surface area contributed by atoms with E-state index in [-0.39, 0.29) is 0 Å². The Kier molecular flexibility index (Phi) is 3.92. The number of benzene rings is 1. The standard InChI is InChI=1S/C15H19N3/c1-11-5-4-6-14(9-11)7-8-16-15-17-12(2)10-13(3)18-15/h4-6,9-10H,7-8H2,1-3H3,(H,16,17,18). The number of anilines is 1. The van der Waals surface area contributed by atoms with Gasteiger partial charge in [-0.2, -0.15) is 0 Å². The second kappa shape index (κ2) is 5.63. The summed E-state index contributed by atoms with van der Waals surface area (Å²) in [6.07, 6.45) is 0.984. The Morgan fingerprint density at radius 1 is 1.00 bits per heavy atom. The van der Waals surface area contributed by atoms with Crippen LogP contribution in [0.15, 0.2) is 30.3 Å². The quantitative estimate of drug-likeness (QED) is 0.894. The molecule has 1 aromatic carbocycles. The van der Waals surface area contributed by atoms with Gasteiger partial charge in [-0.15, -0.1) is 0 Å². The van der Waals surface area contributed by atoms with Gasteiger partial charge in [0.1, 0.15) is 0 Å². The minimum absolute atomic E-state index is 0.722. The zero-order chi connectivity index (χ0) is 13.0. The van der Waals surface area contributed by atoms with Crippen LogP contribution in [0, 0.1) is 20.8 Å². The fourth-order valence-corrected chi connectivity index (χ4v) is 1.99. The van der Waals surface area contributed by atoms with E-state index < -0.39 is 0 Å². The van der Waals surface area contributed by atoms with E-state index in [1.165, 1.54) is 11.1 Å². The summed E-state index contributed by atoms with van der Waals surface area (Å²) in [7, 11) is 0. The highest BCUT2D eigenvalue weighted by Crippen LogP contribution is 2.06. The van der Waals surface area contributed by atoms with Crippen LogP contribution in [0.25, 0.3) is 0 Å². The van der Waals surface area contributed by atoms with E-state index in [4.69, 9.17) is 0 Å². The van der Waals surface area contributed by atoms with Crippen LogP contribution < -0.4 is 5.32 Å². The van der Waals surface area contributed by atoms with E-state index >= 15 is 0 Å². The van der Waals surface area contributed by atoms with Gasteiger partial charge in [-0.3, -0.25) is 0 Å². The van der Waals surface area contributed by atoms with Crippen molar-refractivity contribution < 1.29 is 0 Å². The van der Waals surface area contributed by atoms with E-state index in [0.29, 0.717) is 0 Å². The molecule has 0 aliphatic heterocycles. The van der Waals surface area contributed by atoms with Crippen LogP contribution in [-0.4, -0.2) is 16.5 Å². The Bertz CT molecular complexity index is 515. The van der Waals surface area contributed by atoms with E-state index in [2.05, 4.69) is 46.5 Å². The fourth-order valence-electron chi connectivity index (χ4n) is 1.99. The zero-order valence-electron chi connectivity index (χ0n) is 11.2. The number of nitrogens with zero attached hydrogens (tertiary/aromatic N) is 2. The highest BCUT2D eigenvalue weighted by molar-refractivity contribution is 5.29. The summed E-state index contributed by atoms with van der Waals surface area (Å²) in [5.74, 6) is 0.722. The minimum Gasteiger partial charge on any atom is -0.354 e. The molecule has 3 nitrogen and oxygen atoms in total. The molecule has 18 heavy (non-hydrogen) atoms. The summed E-state index contributed by atoms with van der Waals surface area (Å²) < 4.78 is 0. The summed E-state index contributed by atoms with van der Waals surface area (Å²) in [6, 6.07) is 10.6. The first-order valence-corrected chi connectivity index (χ1v) is 6.25. The first kappa shape index (κ1) is 12.6. The maximum atomic E-state index is 4.36. The number of rotatable bonds is 4. The molecule has 0 saturated carbocycles. The summed E-state index contributed by atoms with van der Waals surface area (Å²) in [6.45, 7) is 6.94. The average molecular weight is 241 g/mol. The largest absolute Gasteiger partial charge is 0.354 e. The Balaban J connectivity index is 1.92. The number of aromatic nitrogens is 2. The molecule has 1 N–H and O–H groups in total. The lowest BCUT2D eigenvalue weighted by atomic mass is 10.1. The SMILES string of the molecule is Cc1cccc(CCNc2nc(C)cc(C)n2)c1. The van der Waals surface area contributed by atoms with Crippen LogP contribution in [0.1, 0.15) is 22.5 Å². The van der Waals surface area contributed by atoms with Gasteiger partial charge in [0.15, 0.2) is 0 Å². The molecule has 2 aromatic rings. The number of hydrogen-bond donors (Lipinski definition) is 1. The van der Waals surface area contributed by atoms with Gasteiger partial charge in [0.2, 0.25) is 5.95 Å². The van der Waals surface area contributed by atoms with Crippen LogP contribution in [-0.2, 0) is 6.42 Å². The van der Waals surface area contributed by atoms with Gasteiger partial charge in [0.05, 0.1) is 0 Å². The zero-order valence-corrected chi connectivity index (χ0v) is 11.2. The van der Waals surface area contributed by atoms with E-state index in [0.717, 1.165) is 30.3 Å².